The van der Waals surface area contributed by atoms with Gasteiger partial charge >= 0.3 is 0 Å². The molecular weight excluding hydrogens is 476 g/mol. The molecule has 2 heterocycles. The molecule has 3 aromatic rings. The highest BCUT2D eigenvalue weighted by molar-refractivity contribution is 7.15. The number of amides is 2. The van der Waals surface area contributed by atoms with E-state index in [9.17, 15) is 29.8 Å². The van der Waals surface area contributed by atoms with Crippen molar-refractivity contribution in [3.8, 4) is 0 Å². The second-order valence-corrected chi connectivity index (χ2v) is 8.95. The topological polar surface area (TPSA) is 161 Å². The summed E-state index contributed by atoms with van der Waals surface area (Å²) in [6.07, 6.45) is 1.03. The summed E-state index contributed by atoms with van der Waals surface area (Å²) < 4.78 is 0. The van der Waals surface area contributed by atoms with Gasteiger partial charge in [-0.25, -0.2) is 0 Å². The number of nitrogens with one attached hydrogen (secondary N) is 1. The number of hydrogen-bond acceptors (Lipinski definition) is 9. The van der Waals surface area contributed by atoms with Gasteiger partial charge in [-0.1, -0.05) is 36.5 Å². The van der Waals surface area contributed by atoms with Crippen LogP contribution in [-0.2, 0) is 11.2 Å². The molecule has 1 fully saturated rings. The van der Waals surface area contributed by atoms with E-state index in [1.165, 1.54) is 6.92 Å². The summed E-state index contributed by atoms with van der Waals surface area (Å²) in [6, 6.07) is 9.50. The zero-order valence-corrected chi connectivity index (χ0v) is 19.6. The van der Waals surface area contributed by atoms with Crippen molar-refractivity contribution < 1.29 is 19.4 Å². The maximum absolute atomic E-state index is 12.8. The SMILES string of the molecule is CCc1ccccc1N1CC(c2nnc(NC(=O)c3cc([N+](=O)[O-])cc([N+](=O)[O-])c3C)s2)CC1=O. The van der Waals surface area contributed by atoms with Gasteiger partial charge in [0.25, 0.3) is 17.3 Å². The van der Waals surface area contributed by atoms with E-state index in [-0.39, 0.29) is 34.5 Å². The molecule has 13 heteroatoms. The number of para-hydroxylation sites is 1. The number of anilines is 2. The number of carbonyl (C=O) groups excluding carboxylic acids is 2. The van der Waals surface area contributed by atoms with Crippen LogP contribution in [0.2, 0.25) is 0 Å². The third-order valence-corrected chi connectivity index (χ3v) is 6.82. The molecule has 12 nitrogen and oxygen atoms in total. The highest BCUT2D eigenvalue weighted by atomic mass is 32.1. The molecule has 1 N–H and O–H groups in total. The molecule has 1 aromatic heterocycles. The molecule has 2 amide bonds. The normalized spacial score (nSPS) is 15.3. The van der Waals surface area contributed by atoms with E-state index in [1.807, 2.05) is 31.2 Å². The lowest BCUT2D eigenvalue weighted by Gasteiger charge is -2.19. The highest BCUT2D eigenvalue weighted by Crippen LogP contribution is 2.36. The van der Waals surface area contributed by atoms with Crippen LogP contribution >= 0.6 is 11.3 Å². The number of non-ortho nitro benzene ring substituents is 1. The molecule has 0 saturated carbocycles. The second-order valence-electron chi connectivity index (χ2n) is 7.94. The zero-order chi connectivity index (χ0) is 25.3. The summed E-state index contributed by atoms with van der Waals surface area (Å²) in [5.41, 5.74) is 0.619. The van der Waals surface area contributed by atoms with Gasteiger partial charge in [0, 0.05) is 36.2 Å². The first-order chi connectivity index (χ1) is 16.7. The van der Waals surface area contributed by atoms with E-state index >= 15 is 0 Å². The smallest absolute Gasteiger partial charge is 0.279 e. The van der Waals surface area contributed by atoms with E-state index in [0.717, 1.165) is 41.1 Å². The van der Waals surface area contributed by atoms with Gasteiger partial charge in [-0.05, 0) is 25.0 Å². The van der Waals surface area contributed by atoms with Gasteiger partial charge in [-0.2, -0.15) is 0 Å². The van der Waals surface area contributed by atoms with Crippen LogP contribution in [0.25, 0.3) is 0 Å². The van der Waals surface area contributed by atoms with Crippen LogP contribution in [0, 0.1) is 27.2 Å². The van der Waals surface area contributed by atoms with Gasteiger partial charge in [0.1, 0.15) is 5.01 Å². The molecule has 2 aromatic carbocycles. The molecule has 4 rings (SSSR count). The van der Waals surface area contributed by atoms with E-state index in [1.54, 1.807) is 4.90 Å². The third-order valence-electron chi connectivity index (χ3n) is 5.82. The summed E-state index contributed by atoms with van der Waals surface area (Å²) in [5.74, 6) is -1.02. The first-order valence-electron chi connectivity index (χ1n) is 10.7. The van der Waals surface area contributed by atoms with Gasteiger partial charge in [0.2, 0.25) is 11.0 Å². The Labute approximate surface area is 202 Å². The van der Waals surface area contributed by atoms with E-state index < -0.39 is 27.1 Å². The van der Waals surface area contributed by atoms with E-state index in [2.05, 4.69) is 15.5 Å². The third kappa shape index (κ3) is 4.71. The van der Waals surface area contributed by atoms with Crippen LogP contribution in [0.5, 0.6) is 0 Å². The number of carbonyl (C=O) groups is 2. The minimum absolute atomic E-state index is 0.00513. The molecule has 1 saturated heterocycles. The quantitative estimate of drug-likeness (QED) is 0.379. The Bertz CT molecular complexity index is 1360. The number of aryl methyl sites for hydroxylation is 1. The molecular formula is C22H20N6O6S. The predicted molar refractivity (Wildman–Crippen MR) is 128 cm³/mol. The lowest BCUT2D eigenvalue weighted by molar-refractivity contribution is -0.394. The maximum atomic E-state index is 12.8. The summed E-state index contributed by atoms with van der Waals surface area (Å²) in [7, 11) is 0. The number of hydrogen-bond donors (Lipinski definition) is 1. The first kappa shape index (κ1) is 23.9. The summed E-state index contributed by atoms with van der Waals surface area (Å²) in [6.45, 7) is 3.79. The van der Waals surface area contributed by atoms with Gasteiger partial charge in [-0.15, -0.1) is 10.2 Å². The number of rotatable bonds is 7. The second kappa shape index (κ2) is 9.54. The minimum atomic E-state index is -0.800. The average molecular weight is 497 g/mol. The maximum Gasteiger partial charge on any atom is 0.279 e. The Kier molecular flexibility index (Phi) is 6.51. The largest absolute Gasteiger partial charge is 0.311 e. The Morgan fingerprint density at radius 1 is 1.20 bits per heavy atom. The van der Waals surface area contributed by atoms with Crippen LogP contribution in [0.1, 0.15) is 45.8 Å². The summed E-state index contributed by atoms with van der Waals surface area (Å²) in [4.78, 5) is 48.1. The highest BCUT2D eigenvalue weighted by Gasteiger charge is 2.35. The Hall–Kier alpha value is -4.26. The Morgan fingerprint density at radius 3 is 2.63 bits per heavy atom. The molecule has 1 unspecified atom stereocenters. The van der Waals surface area contributed by atoms with Gasteiger partial charge < -0.3 is 4.90 Å². The molecule has 0 bridgehead atoms. The number of nitro groups is 2. The molecule has 0 radical (unpaired) electrons. The molecule has 1 aliphatic rings. The number of nitrogens with zero attached hydrogens (tertiary/aromatic N) is 5. The Balaban J connectivity index is 1.53. The molecule has 1 aliphatic heterocycles. The molecule has 0 spiro atoms. The van der Waals surface area contributed by atoms with E-state index in [0.29, 0.717) is 11.6 Å². The minimum Gasteiger partial charge on any atom is -0.311 e. The first-order valence-corrected chi connectivity index (χ1v) is 11.5. The molecule has 0 aliphatic carbocycles. The number of aromatic nitrogens is 2. The van der Waals surface area contributed by atoms with Crippen molar-refractivity contribution in [1.82, 2.24) is 10.2 Å². The average Bonchev–Trinajstić information content (AvgIpc) is 3.45. The van der Waals surface area contributed by atoms with Crippen molar-refractivity contribution in [3.63, 3.8) is 0 Å². The van der Waals surface area contributed by atoms with Crippen LogP contribution in [-0.4, -0.2) is 38.4 Å². The standard InChI is InChI=1S/C22H20N6O6S/c1-3-13-6-4-5-7-17(13)26-11-14(8-19(26)29)21-24-25-22(35-21)23-20(30)16-9-15(27(31)32)10-18(12(16)2)28(33)34/h4-7,9-10,14H,3,8,11H2,1-2H3,(H,23,25,30). The van der Waals surface area contributed by atoms with Gasteiger partial charge in [0.05, 0.1) is 21.5 Å². The van der Waals surface area contributed by atoms with Gasteiger partial charge in [-0.3, -0.25) is 35.1 Å². The predicted octanol–water partition coefficient (Wildman–Crippen LogP) is 4.00. The van der Waals surface area contributed by atoms with E-state index in [4.69, 9.17) is 0 Å². The lowest BCUT2D eigenvalue weighted by atomic mass is 10.0. The van der Waals surface area contributed by atoms with Crippen LogP contribution in [0.4, 0.5) is 22.2 Å². The number of nitro benzene ring substituents is 2. The van der Waals surface area contributed by atoms with Crippen LogP contribution in [0.15, 0.2) is 36.4 Å². The number of benzene rings is 2. The van der Waals surface area contributed by atoms with Crippen molar-refractivity contribution in [2.24, 2.45) is 0 Å². The molecule has 180 valence electrons. The summed E-state index contributed by atoms with van der Waals surface area (Å²) in [5, 5.41) is 33.7. The monoisotopic (exact) mass is 496 g/mol. The Morgan fingerprint density at radius 2 is 1.94 bits per heavy atom. The van der Waals surface area contributed by atoms with Crippen LogP contribution in [0.3, 0.4) is 0 Å². The van der Waals surface area contributed by atoms with Gasteiger partial charge in [0.15, 0.2) is 0 Å². The summed E-state index contributed by atoms with van der Waals surface area (Å²) >= 11 is 1.09. The lowest BCUT2D eigenvalue weighted by Crippen LogP contribution is -2.25. The van der Waals surface area contributed by atoms with Crippen molar-refractivity contribution in [2.75, 3.05) is 16.8 Å². The van der Waals surface area contributed by atoms with Crippen molar-refractivity contribution in [1.29, 1.82) is 0 Å². The van der Waals surface area contributed by atoms with Crippen LogP contribution < -0.4 is 10.2 Å². The fourth-order valence-electron chi connectivity index (χ4n) is 4.01. The fraction of sp³-hybridized carbons (Fsp3) is 0.273. The zero-order valence-electron chi connectivity index (χ0n) is 18.8. The van der Waals surface area contributed by atoms with Crippen molar-refractivity contribution in [3.05, 3.63) is 78.3 Å². The molecule has 1 atom stereocenters. The molecule has 35 heavy (non-hydrogen) atoms. The fourth-order valence-corrected chi connectivity index (χ4v) is 4.84. The van der Waals surface area contributed by atoms with Crippen molar-refractivity contribution in [2.45, 2.75) is 32.6 Å². The van der Waals surface area contributed by atoms with Crippen molar-refractivity contribution >= 4 is 45.3 Å².